The Hall–Kier alpha value is -0.980. The third-order valence-corrected chi connectivity index (χ3v) is 5.23. The van der Waals surface area contributed by atoms with E-state index < -0.39 is 0 Å². The van der Waals surface area contributed by atoms with Crippen molar-refractivity contribution in [3.8, 4) is 6.07 Å². The van der Waals surface area contributed by atoms with Crippen LogP contribution in [-0.4, -0.2) is 29.0 Å². The molecule has 1 fully saturated rings. The maximum absolute atomic E-state index is 9.30. The topological polar surface area (TPSA) is 27.0 Å². The van der Waals surface area contributed by atoms with Crippen LogP contribution in [0.3, 0.4) is 0 Å². The van der Waals surface area contributed by atoms with Gasteiger partial charge >= 0.3 is 0 Å². The Morgan fingerprint density at radius 1 is 1.21 bits per heavy atom. The van der Waals surface area contributed by atoms with Gasteiger partial charge in [-0.15, -0.1) is 11.8 Å². The molecule has 1 saturated heterocycles. The first-order chi connectivity index (χ1) is 9.07. The summed E-state index contributed by atoms with van der Waals surface area (Å²) in [5.74, 6) is 0. The van der Waals surface area contributed by atoms with Gasteiger partial charge in [0.05, 0.1) is 6.07 Å². The van der Waals surface area contributed by atoms with Crippen LogP contribution in [0.25, 0.3) is 0 Å². The van der Waals surface area contributed by atoms with Crippen LogP contribution in [0.5, 0.6) is 0 Å². The highest BCUT2D eigenvalue weighted by molar-refractivity contribution is 8.00. The molecule has 0 aromatic heterocycles. The number of likely N-dealkylation sites (tertiary alicyclic amines) is 1. The van der Waals surface area contributed by atoms with Crippen LogP contribution >= 0.6 is 11.8 Å². The molecule has 1 aromatic carbocycles. The fraction of sp³-hybridized carbons (Fsp3) is 0.562. The first-order valence-corrected chi connectivity index (χ1v) is 8.05. The van der Waals surface area contributed by atoms with E-state index in [1.165, 1.54) is 16.7 Å². The second-order valence-corrected chi connectivity index (χ2v) is 6.77. The fourth-order valence-corrected chi connectivity index (χ4v) is 3.53. The number of nitrogens with zero attached hydrogens (tertiary/aromatic N) is 2. The van der Waals surface area contributed by atoms with Gasteiger partial charge in [-0.25, -0.2) is 0 Å². The summed E-state index contributed by atoms with van der Waals surface area (Å²) < 4.78 is -0.140. The second-order valence-electron chi connectivity index (χ2n) is 5.58. The van der Waals surface area contributed by atoms with Crippen molar-refractivity contribution in [2.75, 3.05) is 19.3 Å². The highest BCUT2D eigenvalue weighted by atomic mass is 32.2. The van der Waals surface area contributed by atoms with E-state index >= 15 is 0 Å². The molecule has 2 rings (SSSR count). The van der Waals surface area contributed by atoms with Gasteiger partial charge in [0.1, 0.15) is 4.75 Å². The lowest BCUT2D eigenvalue weighted by molar-refractivity contribution is 0.209. The summed E-state index contributed by atoms with van der Waals surface area (Å²) in [7, 11) is 0. The zero-order valence-electron chi connectivity index (χ0n) is 12.1. The van der Waals surface area contributed by atoms with Gasteiger partial charge in [-0.1, -0.05) is 29.3 Å². The van der Waals surface area contributed by atoms with E-state index in [0.717, 1.165) is 32.5 Å². The van der Waals surface area contributed by atoms with Crippen molar-refractivity contribution in [2.24, 2.45) is 0 Å². The van der Waals surface area contributed by atoms with Gasteiger partial charge in [-0.3, -0.25) is 4.90 Å². The molecule has 0 bridgehead atoms. The summed E-state index contributed by atoms with van der Waals surface area (Å²) in [4.78, 5) is 2.47. The van der Waals surface area contributed by atoms with E-state index in [-0.39, 0.29) is 4.75 Å². The van der Waals surface area contributed by atoms with E-state index in [9.17, 15) is 5.26 Å². The van der Waals surface area contributed by atoms with E-state index in [0.29, 0.717) is 0 Å². The lowest BCUT2D eigenvalue weighted by Gasteiger charge is -2.36. The normalized spacial score (nSPS) is 19.1. The molecule has 0 spiro atoms. The molecule has 0 radical (unpaired) electrons. The molecule has 1 aliphatic rings. The largest absolute Gasteiger partial charge is 0.299 e. The van der Waals surface area contributed by atoms with E-state index in [2.05, 4.69) is 49.3 Å². The molecule has 1 heterocycles. The molecule has 19 heavy (non-hydrogen) atoms. The number of hydrogen-bond donors (Lipinski definition) is 0. The zero-order chi connectivity index (χ0) is 13.9. The molecule has 1 aromatic rings. The Balaban J connectivity index is 1.98. The van der Waals surface area contributed by atoms with Gasteiger partial charge in [0, 0.05) is 19.6 Å². The zero-order valence-corrected chi connectivity index (χ0v) is 12.9. The van der Waals surface area contributed by atoms with Crippen LogP contribution in [-0.2, 0) is 6.54 Å². The Bertz CT molecular complexity index is 462. The number of rotatable bonds is 3. The quantitative estimate of drug-likeness (QED) is 0.844. The van der Waals surface area contributed by atoms with Gasteiger partial charge in [-0.2, -0.15) is 5.26 Å². The molecule has 0 saturated carbocycles. The lowest BCUT2D eigenvalue weighted by Crippen LogP contribution is -2.41. The van der Waals surface area contributed by atoms with Crippen molar-refractivity contribution >= 4 is 11.8 Å². The van der Waals surface area contributed by atoms with Crippen molar-refractivity contribution in [1.29, 1.82) is 5.26 Å². The number of hydrogen-bond acceptors (Lipinski definition) is 3. The van der Waals surface area contributed by atoms with Crippen molar-refractivity contribution in [3.63, 3.8) is 0 Å². The van der Waals surface area contributed by atoms with Gasteiger partial charge in [0.2, 0.25) is 0 Å². The van der Waals surface area contributed by atoms with Crippen molar-refractivity contribution in [3.05, 3.63) is 34.9 Å². The standard InChI is InChI=1S/C16H22N2S/c1-13-8-14(2)10-15(9-13)11-18-6-4-16(12-17,19-3)5-7-18/h8-10H,4-7,11H2,1-3H3. The molecule has 0 N–H and O–H groups in total. The molecule has 2 nitrogen and oxygen atoms in total. The van der Waals surface area contributed by atoms with Crippen LogP contribution in [0.2, 0.25) is 0 Å². The molecule has 1 aliphatic heterocycles. The Morgan fingerprint density at radius 2 is 1.79 bits per heavy atom. The average Bonchev–Trinajstić information content (AvgIpc) is 2.39. The Kier molecular flexibility index (Phi) is 4.54. The summed E-state index contributed by atoms with van der Waals surface area (Å²) in [5.41, 5.74) is 4.07. The highest BCUT2D eigenvalue weighted by Gasteiger charge is 2.33. The van der Waals surface area contributed by atoms with Crippen molar-refractivity contribution in [1.82, 2.24) is 4.90 Å². The van der Waals surface area contributed by atoms with Crippen LogP contribution in [0.4, 0.5) is 0 Å². The predicted octanol–water partition coefficient (Wildman–Crippen LogP) is 3.52. The van der Waals surface area contributed by atoms with Crippen LogP contribution in [0.1, 0.15) is 29.5 Å². The van der Waals surface area contributed by atoms with Crippen molar-refractivity contribution in [2.45, 2.75) is 38.0 Å². The maximum atomic E-state index is 9.30. The molecule has 0 amide bonds. The lowest BCUT2D eigenvalue weighted by atomic mass is 9.96. The monoisotopic (exact) mass is 274 g/mol. The average molecular weight is 274 g/mol. The number of piperidine rings is 1. The van der Waals surface area contributed by atoms with Gasteiger partial charge < -0.3 is 0 Å². The molecular formula is C16H22N2S. The smallest absolute Gasteiger partial charge is 0.104 e. The molecule has 102 valence electrons. The molecule has 3 heteroatoms. The first kappa shape index (κ1) is 14.4. The molecule has 0 atom stereocenters. The summed E-state index contributed by atoms with van der Waals surface area (Å²) >= 11 is 1.72. The van der Waals surface area contributed by atoms with E-state index in [1.54, 1.807) is 11.8 Å². The van der Waals surface area contributed by atoms with Crippen LogP contribution in [0.15, 0.2) is 18.2 Å². The second kappa shape index (κ2) is 5.98. The van der Waals surface area contributed by atoms with Gasteiger partial charge in [-0.05, 0) is 38.5 Å². The number of thioether (sulfide) groups is 1. The van der Waals surface area contributed by atoms with Gasteiger partial charge in [0.25, 0.3) is 0 Å². The third-order valence-electron chi connectivity index (χ3n) is 3.95. The molecular weight excluding hydrogens is 252 g/mol. The minimum atomic E-state index is -0.140. The SMILES string of the molecule is CSC1(C#N)CCN(Cc2cc(C)cc(C)c2)CC1. The highest BCUT2D eigenvalue weighted by Crippen LogP contribution is 2.34. The minimum Gasteiger partial charge on any atom is -0.299 e. The summed E-state index contributed by atoms with van der Waals surface area (Å²) in [5, 5.41) is 9.30. The molecule has 0 unspecified atom stereocenters. The first-order valence-electron chi connectivity index (χ1n) is 6.83. The van der Waals surface area contributed by atoms with Crippen LogP contribution in [0, 0.1) is 25.2 Å². The maximum Gasteiger partial charge on any atom is 0.104 e. The van der Waals surface area contributed by atoms with E-state index in [1.807, 2.05) is 0 Å². The van der Waals surface area contributed by atoms with Gasteiger partial charge in [0.15, 0.2) is 0 Å². The van der Waals surface area contributed by atoms with Crippen LogP contribution < -0.4 is 0 Å². The number of nitriles is 1. The fourth-order valence-electron chi connectivity index (χ4n) is 2.85. The minimum absolute atomic E-state index is 0.140. The van der Waals surface area contributed by atoms with E-state index in [4.69, 9.17) is 0 Å². The summed E-state index contributed by atoms with van der Waals surface area (Å²) in [6.45, 7) is 7.38. The Morgan fingerprint density at radius 3 is 2.26 bits per heavy atom. The number of benzene rings is 1. The molecule has 0 aliphatic carbocycles. The number of aryl methyl sites for hydroxylation is 2. The predicted molar refractivity (Wildman–Crippen MR) is 82.3 cm³/mol. The summed E-state index contributed by atoms with van der Waals surface area (Å²) in [6, 6.07) is 9.27. The van der Waals surface area contributed by atoms with Crippen molar-refractivity contribution < 1.29 is 0 Å². The third kappa shape index (κ3) is 3.52. The Labute approximate surface area is 120 Å². The summed E-state index contributed by atoms with van der Waals surface area (Å²) in [6.07, 6.45) is 4.02.